The van der Waals surface area contributed by atoms with E-state index in [-0.39, 0.29) is 23.9 Å². The van der Waals surface area contributed by atoms with Crippen molar-refractivity contribution < 1.29 is 13.9 Å². The summed E-state index contributed by atoms with van der Waals surface area (Å²) in [6, 6.07) is 10.3. The van der Waals surface area contributed by atoms with Gasteiger partial charge in [0.1, 0.15) is 5.82 Å². The minimum atomic E-state index is -0.611. The molecule has 4 aliphatic rings. The van der Waals surface area contributed by atoms with Crippen LogP contribution in [0.2, 0.25) is 0 Å². The third kappa shape index (κ3) is 2.70. The van der Waals surface area contributed by atoms with Crippen molar-refractivity contribution in [3.63, 3.8) is 0 Å². The van der Waals surface area contributed by atoms with Crippen LogP contribution in [0.25, 0.3) is 11.0 Å². The molecule has 172 valence electrons. The van der Waals surface area contributed by atoms with E-state index in [1.807, 2.05) is 37.3 Å². The van der Waals surface area contributed by atoms with Gasteiger partial charge in [0, 0.05) is 54.8 Å². The second-order valence-electron chi connectivity index (χ2n) is 9.38. The van der Waals surface area contributed by atoms with E-state index in [9.17, 15) is 4.79 Å². The van der Waals surface area contributed by atoms with E-state index in [0.29, 0.717) is 16.9 Å². The Bertz CT molecular complexity index is 1460. The summed E-state index contributed by atoms with van der Waals surface area (Å²) in [5.41, 5.74) is 5.52. The van der Waals surface area contributed by atoms with Crippen LogP contribution in [0.3, 0.4) is 0 Å². The number of fused-ring (bicyclic) bond motifs is 4. The number of halogens is 1. The van der Waals surface area contributed by atoms with Gasteiger partial charge in [0.25, 0.3) is 5.91 Å². The number of amides is 1. The second-order valence-corrected chi connectivity index (χ2v) is 9.38. The van der Waals surface area contributed by atoms with Crippen LogP contribution in [-0.2, 0) is 11.8 Å². The highest BCUT2D eigenvalue weighted by Crippen LogP contribution is 2.44. The number of rotatable bonds is 3. The molecule has 0 saturated carbocycles. The Morgan fingerprint density at radius 2 is 1.88 bits per heavy atom. The molecular formula is C25H23FN6O2. The molecule has 8 rings (SSSR count). The Hall–Kier alpha value is -3.72. The van der Waals surface area contributed by atoms with Gasteiger partial charge in [-0.25, -0.2) is 9.37 Å². The molecule has 34 heavy (non-hydrogen) atoms. The van der Waals surface area contributed by atoms with E-state index in [0.717, 1.165) is 47.5 Å². The molecule has 0 aliphatic carbocycles. The Kier molecular flexibility index (Phi) is 4.00. The normalized spacial score (nSPS) is 23.5. The first-order chi connectivity index (χ1) is 16.5. The number of aromatic amines is 1. The van der Waals surface area contributed by atoms with Gasteiger partial charge in [-0.1, -0.05) is 6.07 Å². The van der Waals surface area contributed by atoms with Crippen molar-refractivity contribution in [3.05, 3.63) is 71.1 Å². The molecule has 0 radical (unpaired) electrons. The monoisotopic (exact) mass is 458 g/mol. The number of ether oxygens (including phenoxy) is 1. The maximum Gasteiger partial charge on any atom is 0.280 e. The van der Waals surface area contributed by atoms with Crippen LogP contribution in [0.1, 0.15) is 39.8 Å². The number of carbonyl (C=O) groups is 1. The number of nitrogens with one attached hydrogen (secondary N) is 1. The van der Waals surface area contributed by atoms with Crippen LogP contribution in [0.5, 0.6) is 0 Å². The summed E-state index contributed by atoms with van der Waals surface area (Å²) in [4.78, 5) is 24.8. The van der Waals surface area contributed by atoms with Crippen molar-refractivity contribution in [2.45, 2.75) is 31.6 Å². The summed E-state index contributed by atoms with van der Waals surface area (Å²) >= 11 is 0. The van der Waals surface area contributed by atoms with Crippen LogP contribution in [-0.4, -0.2) is 51.0 Å². The predicted octanol–water partition coefficient (Wildman–Crippen LogP) is 3.47. The Morgan fingerprint density at radius 1 is 1.12 bits per heavy atom. The first-order valence-electron chi connectivity index (χ1n) is 11.5. The standard InChI is InChI=1S/C25H23FN6O2/c1-13-22-23(29-30(13)2)25(33)32(15-4-6-20-21(8-15)28-12-27-20)24(22)18-5-3-14(7-19(18)26)31-10-16-9-17(11-31)34-16/h3-8,12,16-17,24H,9-11H2,1-2H3,(H,27,28). The number of piperidine rings is 1. The lowest BCUT2D eigenvalue weighted by atomic mass is 9.96. The molecule has 4 aromatic rings. The average Bonchev–Trinajstić information content (AvgIpc) is 3.48. The molecule has 2 aromatic heterocycles. The van der Waals surface area contributed by atoms with Gasteiger partial charge in [0.15, 0.2) is 5.69 Å². The molecule has 8 nitrogen and oxygen atoms in total. The van der Waals surface area contributed by atoms with Gasteiger partial charge >= 0.3 is 0 Å². The molecule has 3 fully saturated rings. The molecule has 2 bridgehead atoms. The zero-order valence-corrected chi connectivity index (χ0v) is 18.8. The molecule has 6 heterocycles. The highest BCUT2D eigenvalue weighted by molar-refractivity contribution is 6.11. The first kappa shape index (κ1) is 19.7. The van der Waals surface area contributed by atoms with Gasteiger partial charge in [0.05, 0.1) is 35.6 Å². The second kappa shape index (κ2) is 6.89. The van der Waals surface area contributed by atoms with Gasteiger partial charge in [0.2, 0.25) is 0 Å². The smallest absolute Gasteiger partial charge is 0.280 e. The van der Waals surface area contributed by atoms with E-state index >= 15 is 4.39 Å². The number of anilines is 2. The number of carbonyl (C=O) groups excluding carboxylic acids is 1. The van der Waals surface area contributed by atoms with Gasteiger partial charge in [-0.05, 0) is 37.3 Å². The number of nitrogens with zero attached hydrogens (tertiary/aromatic N) is 5. The first-order valence-corrected chi connectivity index (χ1v) is 11.5. The lowest BCUT2D eigenvalue weighted by Gasteiger charge is -2.48. The zero-order valence-electron chi connectivity index (χ0n) is 18.8. The topological polar surface area (TPSA) is 79.3 Å². The number of hydrogen-bond acceptors (Lipinski definition) is 5. The maximum atomic E-state index is 15.8. The van der Waals surface area contributed by atoms with Gasteiger partial charge in [-0.2, -0.15) is 5.10 Å². The summed E-state index contributed by atoms with van der Waals surface area (Å²) in [7, 11) is 1.81. The van der Waals surface area contributed by atoms with Crippen LogP contribution in [0, 0.1) is 12.7 Å². The molecule has 3 unspecified atom stereocenters. The summed E-state index contributed by atoms with van der Waals surface area (Å²) < 4.78 is 23.2. The Balaban J connectivity index is 1.34. The van der Waals surface area contributed by atoms with E-state index in [4.69, 9.17) is 4.74 Å². The predicted molar refractivity (Wildman–Crippen MR) is 125 cm³/mol. The van der Waals surface area contributed by atoms with Gasteiger partial charge in [-0.3, -0.25) is 14.4 Å². The highest BCUT2D eigenvalue weighted by atomic mass is 19.1. The van der Waals surface area contributed by atoms with Gasteiger partial charge in [-0.15, -0.1) is 0 Å². The van der Waals surface area contributed by atoms with Crippen molar-refractivity contribution >= 4 is 28.3 Å². The number of benzene rings is 2. The van der Waals surface area contributed by atoms with E-state index in [1.165, 1.54) is 0 Å². The van der Waals surface area contributed by atoms with Crippen molar-refractivity contribution in [3.8, 4) is 0 Å². The molecule has 3 saturated heterocycles. The number of morpholine rings is 1. The molecule has 1 amide bonds. The zero-order chi connectivity index (χ0) is 23.1. The molecule has 4 aliphatic heterocycles. The SMILES string of the molecule is Cc1c2c(nn1C)C(=O)N(c1ccc3[nH]cnc3c1)C2c1ccc(N2CC3CC(C2)O3)cc1F. The molecule has 0 spiro atoms. The van der Waals surface area contributed by atoms with Crippen LogP contribution >= 0.6 is 0 Å². The Morgan fingerprint density at radius 3 is 2.65 bits per heavy atom. The molecule has 2 aromatic carbocycles. The van der Waals surface area contributed by atoms with E-state index in [1.54, 1.807) is 29.0 Å². The molecule has 1 N–H and O–H groups in total. The highest BCUT2D eigenvalue weighted by Gasteiger charge is 2.44. The van der Waals surface area contributed by atoms with Crippen LogP contribution in [0.4, 0.5) is 15.8 Å². The van der Waals surface area contributed by atoms with Crippen molar-refractivity contribution in [1.29, 1.82) is 0 Å². The minimum Gasteiger partial charge on any atom is -0.371 e. The number of aromatic nitrogens is 4. The van der Waals surface area contributed by atoms with E-state index in [2.05, 4.69) is 20.0 Å². The van der Waals surface area contributed by atoms with Crippen molar-refractivity contribution in [2.24, 2.45) is 7.05 Å². The number of aryl methyl sites for hydroxylation is 1. The molecule has 9 heteroatoms. The third-order valence-electron chi connectivity index (χ3n) is 7.42. The summed E-state index contributed by atoms with van der Waals surface area (Å²) in [5.74, 6) is -0.576. The maximum absolute atomic E-state index is 15.8. The quantitative estimate of drug-likeness (QED) is 0.509. The third-order valence-corrected chi connectivity index (χ3v) is 7.42. The fourth-order valence-electron chi connectivity index (χ4n) is 5.60. The Labute approximate surface area is 194 Å². The lowest BCUT2D eigenvalue weighted by molar-refractivity contribution is -0.133. The van der Waals surface area contributed by atoms with Crippen molar-refractivity contribution in [2.75, 3.05) is 22.9 Å². The van der Waals surface area contributed by atoms with Crippen LogP contribution < -0.4 is 9.80 Å². The minimum absolute atomic E-state index is 0.238. The summed E-state index contributed by atoms with van der Waals surface area (Å²) in [5, 5.41) is 4.47. The summed E-state index contributed by atoms with van der Waals surface area (Å²) in [6.07, 6.45) is 3.18. The lowest BCUT2D eigenvalue weighted by Crippen LogP contribution is -2.57. The van der Waals surface area contributed by atoms with Crippen molar-refractivity contribution in [1.82, 2.24) is 19.7 Å². The summed E-state index contributed by atoms with van der Waals surface area (Å²) in [6.45, 7) is 3.47. The number of hydrogen-bond donors (Lipinski definition) is 1. The van der Waals surface area contributed by atoms with Gasteiger partial charge < -0.3 is 14.6 Å². The number of imidazole rings is 1. The van der Waals surface area contributed by atoms with Crippen LogP contribution in [0.15, 0.2) is 42.7 Å². The average molecular weight is 458 g/mol. The molecular weight excluding hydrogens is 435 g/mol. The number of H-pyrrole nitrogens is 1. The largest absolute Gasteiger partial charge is 0.371 e. The fourth-order valence-corrected chi connectivity index (χ4v) is 5.60. The molecule has 3 atom stereocenters. The van der Waals surface area contributed by atoms with E-state index < -0.39 is 6.04 Å². The fraction of sp³-hybridized carbons (Fsp3) is 0.320.